The van der Waals surface area contributed by atoms with Crippen molar-refractivity contribution in [3.05, 3.63) is 16.6 Å². The van der Waals surface area contributed by atoms with Crippen molar-refractivity contribution in [1.82, 2.24) is 4.98 Å². The second-order valence-corrected chi connectivity index (χ2v) is 4.48. The molecule has 1 aliphatic rings. The van der Waals surface area contributed by atoms with E-state index >= 15 is 0 Å². The third-order valence-corrected chi connectivity index (χ3v) is 3.63. The van der Waals surface area contributed by atoms with Gasteiger partial charge in [0.05, 0.1) is 5.51 Å². The lowest BCUT2D eigenvalue weighted by molar-refractivity contribution is 0.184. The van der Waals surface area contributed by atoms with E-state index in [0.717, 1.165) is 18.4 Å². The Bertz CT molecular complexity index is 231. The summed E-state index contributed by atoms with van der Waals surface area (Å²) in [5.74, 6) is 1.63. The number of nitrogens with zero attached hydrogens (tertiary/aromatic N) is 1. The topological polar surface area (TPSA) is 38.9 Å². The lowest BCUT2D eigenvalue weighted by Crippen LogP contribution is -2.33. The van der Waals surface area contributed by atoms with E-state index in [1.165, 1.54) is 24.1 Å². The van der Waals surface area contributed by atoms with Crippen LogP contribution in [-0.2, 0) is 6.42 Å². The van der Waals surface area contributed by atoms with E-state index in [0.29, 0.717) is 0 Å². The summed E-state index contributed by atoms with van der Waals surface area (Å²) >= 11 is 1.76. The molecular formula is C9H14N2S. The van der Waals surface area contributed by atoms with E-state index in [-0.39, 0.29) is 0 Å². The molecule has 3 heteroatoms. The van der Waals surface area contributed by atoms with Gasteiger partial charge in [0, 0.05) is 11.1 Å². The first-order valence-corrected chi connectivity index (χ1v) is 5.35. The summed E-state index contributed by atoms with van der Waals surface area (Å²) in [5.41, 5.74) is 7.55. The van der Waals surface area contributed by atoms with E-state index in [1.807, 2.05) is 11.7 Å². The van der Waals surface area contributed by atoms with E-state index in [2.05, 4.69) is 4.98 Å². The Kier molecular flexibility index (Phi) is 2.42. The molecule has 0 aliphatic heterocycles. The van der Waals surface area contributed by atoms with Gasteiger partial charge in [0.1, 0.15) is 0 Å². The van der Waals surface area contributed by atoms with Gasteiger partial charge >= 0.3 is 0 Å². The molecule has 1 fully saturated rings. The van der Waals surface area contributed by atoms with Crippen LogP contribution in [0.15, 0.2) is 11.7 Å². The minimum Gasteiger partial charge on any atom is -0.330 e. The first-order valence-electron chi connectivity index (χ1n) is 4.47. The number of thiazole rings is 1. The summed E-state index contributed by atoms with van der Waals surface area (Å²) in [4.78, 5) is 5.49. The van der Waals surface area contributed by atoms with E-state index in [9.17, 15) is 0 Å². The fraction of sp³-hybridized carbons (Fsp3) is 0.667. The number of rotatable bonds is 3. The van der Waals surface area contributed by atoms with Crippen molar-refractivity contribution >= 4 is 11.3 Å². The lowest BCUT2D eigenvalue weighted by atomic mass is 9.72. The Labute approximate surface area is 76.8 Å². The van der Waals surface area contributed by atoms with Gasteiger partial charge < -0.3 is 5.73 Å². The van der Waals surface area contributed by atoms with Crippen molar-refractivity contribution < 1.29 is 0 Å². The minimum absolute atomic E-state index is 0.784. The summed E-state index contributed by atoms with van der Waals surface area (Å²) in [6.45, 7) is 0.865. The average Bonchev–Trinajstić information content (AvgIpc) is 2.51. The molecule has 2 unspecified atom stereocenters. The molecule has 0 amide bonds. The molecular weight excluding hydrogens is 168 g/mol. The monoisotopic (exact) mass is 182 g/mol. The van der Waals surface area contributed by atoms with Crippen molar-refractivity contribution in [3.63, 3.8) is 0 Å². The Morgan fingerprint density at radius 1 is 1.50 bits per heavy atom. The van der Waals surface area contributed by atoms with Gasteiger partial charge in [-0.2, -0.15) is 0 Å². The Hall–Kier alpha value is -0.410. The molecule has 0 spiro atoms. The van der Waals surface area contributed by atoms with Gasteiger partial charge in [0.15, 0.2) is 0 Å². The molecule has 0 radical (unpaired) electrons. The first-order chi connectivity index (χ1) is 5.90. The second kappa shape index (κ2) is 3.54. The lowest BCUT2D eigenvalue weighted by Gasteiger charge is -2.35. The number of aromatic nitrogens is 1. The zero-order chi connectivity index (χ0) is 8.39. The summed E-state index contributed by atoms with van der Waals surface area (Å²) in [7, 11) is 0. The Morgan fingerprint density at radius 2 is 2.33 bits per heavy atom. The van der Waals surface area contributed by atoms with E-state index < -0.39 is 0 Å². The number of nitrogens with two attached hydrogens (primary N) is 1. The molecule has 66 valence electrons. The van der Waals surface area contributed by atoms with Crippen LogP contribution in [0.3, 0.4) is 0 Å². The molecule has 2 N–H and O–H groups in total. The molecule has 1 saturated carbocycles. The molecule has 1 heterocycles. The van der Waals surface area contributed by atoms with Crippen LogP contribution in [0, 0.1) is 11.8 Å². The van der Waals surface area contributed by atoms with Crippen molar-refractivity contribution in [2.45, 2.75) is 19.3 Å². The molecule has 0 aromatic carbocycles. The van der Waals surface area contributed by atoms with Crippen LogP contribution in [0.2, 0.25) is 0 Å². The third kappa shape index (κ3) is 1.52. The maximum Gasteiger partial charge on any atom is 0.0794 e. The maximum atomic E-state index is 5.64. The summed E-state index contributed by atoms with van der Waals surface area (Å²) in [5, 5.41) is 0. The van der Waals surface area contributed by atoms with Gasteiger partial charge in [0.25, 0.3) is 0 Å². The van der Waals surface area contributed by atoms with Crippen molar-refractivity contribution in [3.8, 4) is 0 Å². The molecule has 2 nitrogen and oxygen atoms in total. The van der Waals surface area contributed by atoms with Gasteiger partial charge in [-0.15, -0.1) is 11.3 Å². The van der Waals surface area contributed by atoms with Gasteiger partial charge in [-0.3, -0.25) is 4.98 Å². The van der Waals surface area contributed by atoms with Crippen LogP contribution < -0.4 is 5.73 Å². The minimum atomic E-state index is 0.784. The fourth-order valence-corrected chi connectivity index (χ4v) is 2.51. The highest BCUT2D eigenvalue weighted by atomic mass is 32.1. The van der Waals surface area contributed by atoms with Crippen LogP contribution >= 0.6 is 11.3 Å². The van der Waals surface area contributed by atoms with Crippen molar-refractivity contribution in [2.24, 2.45) is 17.6 Å². The van der Waals surface area contributed by atoms with Crippen LogP contribution in [-0.4, -0.2) is 11.5 Å². The highest BCUT2D eigenvalue weighted by Crippen LogP contribution is 2.36. The summed E-state index contributed by atoms with van der Waals surface area (Å²) in [6, 6.07) is 0. The highest BCUT2D eigenvalue weighted by Gasteiger charge is 2.29. The van der Waals surface area contributed by atoms with Crippen LogP contribution in [0.1, 0.15) is 17.7 Å². The molecule has 2 rings (SSSR count). The molecule has 0 bridgehead atoms. The molecule has 1 aliphatic carbocycles. The van der Waals surface area contributed by atoms with Crippen molar-refractivity contribution in [2.75, 3.05) is 6.54 Å². The second-order valence-electron chi connectivity index (χ2n) is 3.51. The van der Waals surface area contributed by atoms with Crippen LogP contribution in [0.5, 0.6) is 0 Å². The Morgan fingerprint density at radius 3 is 2.83 bits per heavy atom. The molecule has 0 saturated heterocycles. The number of hydrogen-bond donors (Lipinski definition) is 1. The van der Waals surface area contributed by atoms with Crippen molar-refractivity contribution in [1.29, 1.82) is 0 Å². The SMILES string of the molecule is NCC1CCC1Cc1cncs1. The normalized spacial score (nSPS) is 28.4. The third-order valence-electron chi connectivity index (χ3n) is 2.82. The molecule has 12 heavy (non-hydrogen) atoms. The molecule has 2 atom stereocenters. The smallest absolute Gasteiger partial charge is 0.0794 e. The molecule has 1 aromatic rings. The predicted octanol–water partition coefficient (Wildman–Crippen LogP) is 1.67. The van der Waals surface area contributed by atoms with Crippen LogP contribution in [0.25, 0.3) is 0 Å². The largest absolute Gasteiger partial charge is 0.330 e. The number of hydrogen-bond acceptors (Lipinski definition) is 3. The Balaban J connectivity index is 1.88. The van der Waals surface area contributed by atoms with Gasteiger partial charge in [-0.25, -0.2) is 0 Å². The van der Waals surface area contributed by atoms with E-state index in [1.54, 1.807) is 11.3 Å². The van der Waals surface area contributed by atoms with Gasteiger partial charge in [-0.05, 0) is 37.6 Å². The summed E-state index contributed by atoms with van der Waals surface area (Å²) in [6.07, 6.45) is 5.88. The van der Waals surface area contributed by atoms with Gasteiger partial charge in [-0.1, -0.05) is 0 Å². The van der Waals surface area contributed by atoms with Gasteiger partial charge in [0.2, 0.25) is 0 Å². The maximum absolute atomic E-state index is 5.64. The first kappa shape index (κ1) is 8.20. The zero-order valence-corrected chi connectivity index (χ0v) is 7.89. The average molecular weight is 182 g/mol. The summed E-state index contributed by atoms with van der Waals surface area (Å²) < 4.78 is 0. The molecule has 1 aromatic heterocycles. The fourth-order valence-electron chi connectivity index (χ4n) is 1.82. The predicted molar refractivity (Wildman–Crippen MR) is 51.1 cm³/mol. The van der Waals surface area contributed by atoms with E-state index in [4.69, 9.17) is 5.73 Å². The quantitative estimate of drug-likeness (QED) is 0.772. The van der Waals surface area contributed by atoms with Crippen LogP contribution in [0.4, 0.5) is 0 Å². The standard InChI is InChI=1S/C9H14N2S/c10-4-8-2-1-7(8)3-9-5-11-6-12-9/h5-8H,1-4,10H2. The highest BCUT2D eigenvalue weighted by molar-refractivity contribution is 7.09. The zero-order valence-electron chi connectivity index (χ0n) is 7.07.